The van der Waals surface area contributed by atoms with Gasteiger partial charge in [0.05, 0.1) is 7.11 Å². The van der Waals surface area contributed by atoms with Crippen LogP contribution in [0.25, 0.3) is 6.08 Å². The van der Waals surface area contributed by atoms with E-state index in [-0.39, 0.29) is 10.6 Å². The predicted molar refractivity (Wildman–Crippen MR) is 97.9 cm³/mol. The normalized spacial score (nSPS) is 13.1. The maximum Gasteiger partial charge on any atom is 0.331 e. The number of sulfonamides is 1. The van der Waals surface area contributed by atoms with Gasteiger partial charge >= 0.3 is 5.97 Å². The standard InChI is InChI=1S/C18H27NO5S/c1-17(2,3)19-25(21,22)15-12-13(8-10-14(15)23-7)9-11-16(20)24-18(4,5)6/h8-12,19H,1-7H3/b11-9+. The van der Waals surface area contributed by atoms with Crippen LogP contribution in [-0.2, 0) is 19.6 Å². The van der Waals surface area contributed by atoms with Crippen LogP contribution in [0.15, 0.2) is 29.2 Å². The molecule has 0 aromatic heterocycles. The summed E-state index contributed by atoms with van der Waals surface area (Å²) in [4.78, 5) is 11.8. The molecule has 1 rings (SSSR count). The molecule has 0 aliphatic rings. The Labute approximate surface area is 150 Å². The van der Waals surface area contributed by atoms with Gasteiger partial charge in [-0.3, -0.25) is 0 Å². The molecule has 0 spiro atoms. The van der Waals surface area contributed by atoms with Gasteiger partial charge < -0.3 is 9.47 Å². The maximum atomic E-state index is 12.6. The molecule has 6 nitrogen and oxygen atoms in total. The zero-order valence-corrected chi connectivity index (χ0v) is 16.7. The number of rotatable bonds is 5. The summed E-state index contributed by atoms with van der Waals surface area (Å²) < 4.78 is 38.1. The first-order valence-electron chi connectivity index (χ1n) is 7.87. The molecule has 0 heterocycles. The lowest BCUT2D eigenvalue weighted by Crippen LogP contribution is -2.40. The van der Waals surface area contributed by atoms with Crippen molar-refractivity contribution in [2.24, 2.45) is 0 Å². The molecule has 25 heavy (non-hydrogen) atoms. The highest BCUT2D eigenvalue weighted by molar-refractivity contribution is 7.89. The highest BCUT2D eigenvalue weighted by atomic mass is 32.2. The van der Waals surface area contributed by atoms with E-state index in [0.717, 1.165) is 0 Å². The maximum absolute atomic E-state index is 12.6. The molecule has 0 atom stereocenters. The van der Waals surface area contributed by atoms with Crippen molar-refractivity contribution in [1.82, 2.24) is 4.72 Å². The van der Waals surface area contributed by atoms with Crippen molar-refractivity contribution >= 4 is 22.1 Å². The van der Waals surface area contributed by atoms with E-state index in [9.17, 15) is 13.2 Å². The van der Waals surface area contributed by atoms with E-state index in [2.05, 4.69) is 4.72 Å². The first-order valence-corrected chi connectivity index (χ1v) is 9.35. The van der Waals surface area contributed by atoms with Crippen LogP contribution in [-0.4, -0.2) is 32.6 Å². The van der Waals surface area contributed by atoms with Gasteiger partial charge in [0, 0.05) is 11.6 Å². The number of ether oxygens (including phenoxy) is 2. The molecular formula is C18H27NO5S. The molecule has 0 aliphatic heterocycles. The van der Waals surface area contributed by atoms with Crippen LogP contribution in [0.4, 0.5) is 0 Å². The van der Waals surface area contributed by atoms with Gasteiger partial charge in [0.25, 0.3) is 0 Å². The first-order chi connectivity index (χ1) is 11.2. The van der Waals surface area contributed by atoms with Gasteiger partial charge in [0.1, 0.15) is 16.2 Å². The Morgan fingerprint density at radius 2 is 1.72 bits per heavy atom. The molecular weight excluding hydrogens is 342 g/mol. The van der Waals surface area contributed by atoms with Crippen molar-refractivity contribution in [2.45, 2.75) is 57.6 Å². The van der Waals surface area contributed by atoms with Gasteiger partial charge in [-0.05, 0) is 65.3 Å². The second kappa shape index (κ2) is 7.58. The van der Waals surface area contributed by atoms with Crippen LogP contribution in [0.3, 0.4) is 0 Å². The van der Waals surface area contributed by atoms with Crippen molar-refractivity contribution in [3.05, 3.63) is 29.8 Å². The average molecular weight is 369 g/mol. The number of carbonyl (C=O) groups is 1. The molecule has 140 valence electrons. The molecule has 0 aliphatic carbocycles. The summed E-state index contributed by atoms with van der Waals surface area (Å²) >= 11 is 0. The fourth-order valence-corrected chi connectivity index (χ4v) is 3.59. The van der Waals surface area contributed by atoms with Crippen molar-refractivity contribution in [3.8, 4) is 5.75 Å². The fraction of sp³-hybridized carbons (Fsp3) is 0.500. The minimum atomic E-state index is -3.78. The molecule has 1 aromatic rings. The molecule has 0 saturated heterocycles. The lowest BCUT2D eigenvalue weighted by molar-refractivity contribution is -0.148. The minimum absolute atomic E-state index is 0.0104. The van der Waals surface area contributed by atoms with Crippen molar-refractivity contribution < 1.29 is 22.7 Å². The Balaban J connectivity index is 3.17. The Kier molecular flexibility index (Phi) is 6.42. The van der Waals surface area contributed by atoms with Crippen LogP contribution < -0.4 is 9.46 Å². The number of hydrogen-bond acceptors (Lipinski definition) is 5. The van der Waals surface area contributed by atoms with Crippen LogP contribution in [0.1, 0.15) is 47.1 Å². The second-order valence-corrected chi connectivity index (χ2v) is 9.28. The zero-order chi connectivity index (χ0) is 19.5. The molecule has 0 radical (unpaired) electrons. The van der Waals surface area contributed by atoms with Gasteiger partial charge in [-0.15, -0.1) is 0 Å². The summed E-state index contributed by atoms with van der Waals surface area (Å²) in [5.74, 6) is -0.272. The zero-order valence-electron chi connectivity index (χ0n) is 15.8. The highest BCUT2D eigenvalue weighted by Crippen LogP contribution is 2.26. The second-order valence-electron chi connectivity index (χ2n) is 7.63. The SMILES string of the molecule is COc1ccc(/C=C/C(=O)OC(C)(C)C)cc1S(=O)(=O)NC(C)(C)C. The van der Waals surface area contributed by atoms with E-state index >= 15 is 0 Å². The summed E-state index contributed by atoms with van der Waals surface area (Å²) in [6, 6.07) is 4.66. The molecule has 7 heteroatoms. The Bertz CT molecular complexity index is 753. The van der Waals surface area contributed by atoms with E-state index in [4.69, 9.17) is 9.47 Å². The quantitative estimate of drug-likeness (QED) is 0.637. The summed E-state index contributed by atoms with van der Waals surface area (Å²) in [6.45, 7) is 10.6. The van der Waals surface area contributed by atoms with E-state index in [1.165, 1.54) is 25.3 Å². The van der Waals surface area contributed by atoms with Gasteiger partial charge in [-0.25, -0.2) is 17.9 Å². The van der Waals surface area contributed by atoms with Crippen LogP contribution in [0, 0.1) is 0 Å². The van der Waals surface area contributed by atoms with Crippen molar-refractivity contribution in [2.75, 3.05) is 7.11 Å². The molecule has 1 aromatic carbocycles. The molecule has 0 bridgehead atoms. The Morgan fingerprint density at radius 1 is 1.12 bits per heavy atom. The first kappa shape index (κ1) is 21.2. The average Bonchev–Trinajstić information content (AvgIpc) is 2.40. The third-order valence-electron chi connectivity index (χ3n) is 2.74. The summed E-state index contributed by atoms with van der Waals surface area (Å²) in [5.41, 5.74) is -0.681. The van der Waals surface area contributed by atoms with Crippen LogP contribution in [0.2, 0.25) is 0 Å². The molecule has 0 amide bonds. The smallest absolute Gasteiger partial charge is 0.331 e. The molecule has 1 N–H and O–H groups in total. The number of nitrogens with one attached hydrogen (secondary N) is 1. The largest absolute Gasteiger partial charge is 0.495 e. The number of esters is 1. The van der Waals surface area contributed by atoms with Crippen LogP contribution >= 0.6 is 0 Å². The Hall–Kier alpha value is -1.86. The van der Waals surface area contributed by atoms with E-state index in [1.807, 2.05) is 0 Å². The van der Waals surface area contributed by atoms with E-state index in [1.54, 1.807) is 53.7 Å². The summed E-state index contributed by atoms with van der Waals surface area (Å²) in [6.07, 6.45) is 2.77. The summed E-state index contributed by atoms with van der Waals surface area (Å²) in [5, 5.41) is 0. The van der Waals surface area contributed by atoms with Crippen molar-refractivity contribution in [1.29, 1.82) is 0 Å². The van der Waals surface area contributed by atoms with Gasteiger partial charge in [0.2, 0.25) is 10.0 Å². The Morgan fingerprint density at radius 3 is 2.20 bits per heavy atom. The van der Waals surface area contributed by atoms with Crippen LogP contribution in [0.5, 0.6) is 5.75 Å². The number of methoxy groups -OCH3 is 1. The third-order valence-corrected chi connectivity index (χ3v) is 4.52. The minimum Gasteiger partial charge on any atom is -0.495 e. The third kappa shape index (κ3) is 7.27. The van der Waals surface area contributed by atoms with E-state index in [0.29, 0.717) is 5.56 Å². The van der Waals surface area contributed by atoms with Gasteiger partial charge in [0.15, 0.2) is 0 Å². The monoisotopic (exact) mass is 369 g/mol. The van der Waals surface area contributed by atoms with Gasteiger partial charge in [-0.1, -0.05) is 6.07 Å². The summed E-state index contributed by atoms with van der Waals surface area (Å²) in [7, 11) is -2.37. The fourth-order valence-electron chi connectivity index (χ4n) is 1.97. The molecule has 0 saturated carbocycles. The molecule has 0 unspecified atom stereocenters. The predicted octanol–water partition coefficient (Wildman–Crippen LogP) is 3.13. The van der Waals surface area contributed by atoms with Gasteiger partial charge in [-0.2, -0.15) is 0 Å². The number of benzene rings is 1. The highest BCUT2D eigenvalue weighted by Gasteiger charge is 2.25. The topological polar surface area (TPSA) is 81.7 Å². The van der Waals surface area contributed by atoms with Crippen molar-refractivity contribution in [3.63, 3.8) is 0 Å². The lowest BCUT2D eigenvalue weighted by atomic mass is 10.1. The van der Waals surface area contributed by atoms with E-state index < -0.39 is 27.1 Å². The lowest BCUT2D eigenvalue weighted by Gasteiger charge is -2.21. The number of carbonyl (C=O) groups excluding carboxylic acids is 1. The number of hydrogen-bond donors (Lipinski definition) is 1. The molecule has 0 fully saturated rings.